The molecule has 1 aromatic rings. The summed E-state index contributed by atoms with van der Waals surface area (Å²) in [4.78, 5) is 6.70. The molecular weight excluding hydrogens is 190 g/mol. The molecule has 74 valence electrons. The van der Waals surface area contributed by atoms with E-state index in [9.17, 15) is 0 Å². The van der Waals surface area contributed by atoms with Gasteiger partial charge in [0.05, 0.1) is 11.3 Å². The number of hydrogen-bond donors (Lipinski definition) is 0. The van der Waals surface area contributed by atoms with Gasteiger partial charge in [-0.3, -0.25) is 4.98 Å². The molecule has 0 unspecified atom stereocenters. The Morgan fingerprint density at radius 2 is 2.47 bits per heavy atom. The van der Waals surface area contributed by atoms with Crippen molar-refractivity contribution in [1.29, 1.82) is 5.26 Å². The molecule has 0 aliphatic carbocycles. The van der Waals surface area contributed by atoms with Crippen LogP contribution in [0.3, 0.4) is 0 Å². The molecule has 0 bridgehead atoms. The quantitative estimate of drug-likeness (QED) is 0.323. The van der Waals surface area contributed by atoms with Crippen LogP contribution in [0.15, 0.2) is 29.5 Å². The number of pyridine rings is 1. The van der Waals surface area contributed by atoms with Crippen LogP contribution < -0.4 is 0 Å². The molecule has 0 amide bonds. The van der Waals surface area contributed by atoms with Crippen LogP contribution in [0.2, 0.25) is 0 Å². The Bertz CT molecular complexity index is 420. The Morgan fingerprint density at radius 3 is 3.07 bits per heavy atom. The molecule has 0 aromatic carbocycles. The van der Waals surface area contributed by atoms with Crippen molar-refractivity contribution >= 4 is 6.08 Å². The molecular formula is C10H9N5. The van der Waals surface area contributed by atoms with Gasteiger partial charge in [-0.2, -0.15) is 5.26 Å². The minimum Gasteiger partial charge on any atom is -0.256 e. The summed E-state index contributed by atoms with van der Waals surface area (Å²) in [5.41, 5.74) is 9.36. The largest absolute Gasteiger partial charge is 0.256 e. The normalized spacial score (nSPS) is 9.53. The van der Waals surface area contributed by atoms with Gasteiger partial charge in [0.1, 0.15) is 6.07 Å². The fourth-order valence-electron chi connectivity index (χ4n) is 0.951. The molecule has 0 atom stereocenters. The van der Waals surface area contributed by atoms with Crippen LogP contribution in [0.1, 0.15) is 17.7 Å². The molecule has 15 heavy (non-hydrogen) atoms. The van der Waals surface area contributed by atoms with Gasteiger partial charge in [-0.05, 0) is 30.2 Å². The van der Waals surface area contributed by atoms with E-state index < -0.39 is 0 Å². The Morgan fingerprint density at radius 1 is 1.60 bits per heavy atom. The van der Waals surface area contributed by atoms with E-state index in [1.807, 2.05) is 18.2 Å². The molecule has 0 N–H and O–H groups in total. The van der Waals surface area contributed by atoms with E-state index in [2.05, 4.69) is 15.0 Å². The lowest BCUT2D eigenvalue weighted by Crippen LogP contribution is -1.82. The number of hydrogen-bond acceptors (Lipinski definition) is 3. The summed E-state index contributed by atoms with van der Waals surface area (Å²) in [5, 5.41) is 11.9. The average molecular weight is 199 g/mol. The Kier molecular flexibility index (Phi) is 4.44. The topological polar surface area (TPSA) is 85.4 Å². The van der Waals surface area contributed by atoms with Crippen molar-refractivity contribution in [2.24, 2.45) is 5.11 Å². The molecule has 1 aromatic heterocycles. The molecule has 0 spiro atoms. The molecule has 0 fully saturated rings. The van der Waals surface area contributed by atoms with E-state index in [1.165, 1.54) is 6.20 Å². The highest BCUT2D eigenvalue weighted by Crippen LogP contribution is 2.01. The molecule has 1 rings (SSSR count). The van der Waals surface area contributed by atoms with Crippen LogP contribution in [0, 0.1) is 11.3 Å². The van der Waals surface area contributed by atoms with Gasteiger partial charge < -0.3 is 0 Å². The Hall–Kier alpha value is -2.31. The van der Waals surface area contributed by atoms with E-state index in [4.69, 9.17) is 10.8 Å². The molecule has 0 aliphatic heterocycles. The zero-order valence-electron chi connectivity index (χ0n) is 8.04. The molecule has 0 saturated heterocycles. The van der Waals surface area contributed by atoms with E-state index in [1.54, 1.807) is 12.1 Å². The van der Waals surface area contributed by atoms with E-state index in [0.29, 0.717) is 18.5 Å². The second kappa shape index (κ2) is 6.19. The van der Waals surface area contributed by atoms with Crippen LogP contribution in [-0.2, 0) is 0 Å². The molecule has 0 aliphatic rings. The fraction of sp³-hybridized carbons (Fsp3) is 0.200. The Labute approximate surface area is 87.3 Å². The first kappa shape index (κ1) is 10.8. The standard InChI is InChI=1S/C10H9N5/c11-7-9-4-5-10(13-8-9)3-1-2-6-14-15-12/h1,3-5,8H,2,6H2. The minimum atomic E-state index is 0.448. The third-order valence-corrected chi connectivity index (χ3v) is 1.66. The van der Waals surface area contributed by atoms with E-state index in [-0.39, 0.29) is 0 Å². The maximum atomic E-state index is 8.55. The summed E-state index contributed by atoms with van der Waals surface area (Å²) in [6, 6.07) is 5.47. The molecule has 1 heterocycles. The number of nitrogens with zero attached hydrogens (tertiary/aromatic N) is 5. The summed E-state index contributed by atoms with van der Waals surface area (Å²) in [5.74, 6) is 0. The van der Waals surface area contributed by atoms with Gasteiger partial charge >= 0.3 is 0 Å². The zero-order valence-corrected chi connectivity index (χ0v) is 8.04. The van der Waals surface area contributed by atoms with Gasteiger partial charge in [0.2, 0.25) is 0 Å². The summed E-state index contributed by atoms with van der Waals surface area (Å²) in [6.07, 6.45) is 5.91. The monoisotopic (exact) mass is 199 g/mol. The van der Waals surface area contributed by atoms with E-state index in [0.717, 1.165) is 5.69 Å². The first-order chi connectivity index (χ1) is 7.36. The van der Waals surface area contributed by atoms with Gasteiger partial charge in [0.25, 0.3) is 0 Å². The third-order valence-electron chi connectivity index (χ3n) is 1.66. The van der Waals surface area contributed by atoms with Crippen LogP contribution >= 0.6 is 0 Å². The van der Waals surface area contributed by atoms with Gasteiger partial charge in [-0.1, -0.05) is 11.2 Å². The molecule has 0 radical (unpaired) electrons. The lowest BCUT2D eigenvalue weighted by Gasteiger charge is -1.91. The first-order valence-electron chi connectivity index (χ1n) is 4.40. The van der Waals surface area contributed by atoms with Gasteiger partial charge in [0, 0.05) is 17.7 Å². The number of rotatable bonds is 4. The highest BCUT2D eigenvalue weighted by molar-refractivity contribution is 5.45. The Balaban J connectivity index is 2.50. The maximum Gasteiger partial charge on any atom is 0.101 e. The van der Waals surface area contributed by atoms with Gasteiger partial charge in [0.15, 0.2) is 0 Å². The predicted molar refractivity (Wildman–Crippen MR) is 56.6 cm³/mol. The van der Waals surface area contributed by atoms with E-state index >= 15 is 0 Å². The fourth-order valence-corrected chi connectivity index (χ4v) is 0.951. The minimum absolute atomic E-state index is 0.448. The van der Waals surface area contributed by atoms with Crippen LogP contribution in [0.5, 0.6) is 0 Å². The summed E-state index contributed by atoms with van der Waals surface area (Å²) in [6.45, 7) is 0.448. The van der Waals surface area contributed by atoms with Crippen LogP contribution in [0.25, 0.3) is 16.5 Å². The summed E-state index contributed by atoms with van der Waals surface area (Å²) < 4.78 is 0. The lowest BCUT2D eigenvalue weighted by molar-refractivity contribution is 0.995. The van der Waals surface area contributed by atoms with Gasteiger partial charge in [-0.15, -0.1) is 0 Å². The number of aromatic nitrogens is 1. The molecule has 5 nitrogen and oxygen atoms in total. The number of azide groups is 1. The van der Waals surface area contributed by atoms with Crippen LogP contribution in [-0.4, -0.2) is 11.5 Å². The van der Waals surface area contributed by atoms with Crippen molar-refractivity contribution in [3.63, 3.8) is 0 Å². The second-order valence-electron chi connectivity index (χ2n) is 2.73. The number of nitriles is 1. The highest BCUT2D eigenvalue weighted by atomic mass is 15.1. The summed E-state index contributed by atoms with van der Waals surface area (Å²) in [7, 11) is 0. The highest BCUT2D eigenvalue weighted by Gasteiger charge is 1.90. The predicted octanol–water partition coefficient (Wildman–Crippen LogP) is 2.67. The summed E-state index contributed by atoms with van der Waals surface area (Å²) >= 11 is 0. The van der Waals surface area contributed by atoms with Crippen LogP contribution in [0.4, 0.5) is 0 Å². The van der Waals surface area contributed by atoms with Gasteiger partial charge in [-0.25, -0.2) is 0 Å². The average Bonchev–Trinajstić information content (AvgIpc) is 2.30. The zero-order chi connectivity index (χ0) is 10.9. The van der Waals surface area contributed by atoms with Crippen molar-refractivity contribution in [2.75, 3.05) is 6.54 Å². The lowest BCUT2D eigenvalue weighted by atomic mass is 10.2. The van der Waals surface area contributed by atoms with Crippen molar-refractivity contribution < 1.29 is 0 Å². The van der Waals surface area contributed by atoms with Crippen molar-refractivity contribution in [2.45, 2.75) is 6.42 Å². The van der Waals surface area contributed by atoms with Crippen molar-refractivity contribution in [3.05, 3.63) is 46.1 Å². The maximum absolute atomic E-state index is 8.55. The first-order valence-corrected chi connectivity index (χ1v) is 4.40. The third kappa shape index (κ3) is 3.94. The molecule has 0 saturated carbocycles. The smallest absolute Gasteiger partial charge is 0.101 e. The second-order valence-corrected chi connectivity index (χ2v) is 2.73. The SMILES string of the molecule is N#Cc1ccc(C=CCCN=[N+]=[N-])nc1. The molecule has 5 heteroatoms. The van der Waals surface area contributed by atoms with Crippen molar-refractivity contribution in [3.8, 4) is 6.07 Å². The van der Waals surface area contributed by atoms with Crippen molar-refractivity contribution in [1.82, 2.24) is 4.98 Å².